The normalized spacial score (nSPS) is 19.4. The highest BCUT2D eigenvalue weighted by molar-refractivity contribution is 6.30. The summed E-state index contributed by atoms with van der Waals surface area (Å²) in [6.07, 6.45) is 6.23. The van der Waals surface area contributed by atoms with Crippen molar-refractivity contribution in [3.8, 4) is 0 Å². The molecular weight excluding hydrogens is 284 g/mol. The number of hydrogen-bond acceptors (Lipinski definition) is 2. The second kappa shape index (κ2) is 8.40. The molecule has 116 valence electrons. The number of amides is 1. The van der Waals surface area contributed by atoms with Crippen molar-refractivity contribution in [2.45, 2.75) is 45.1 Å². The molecule has 1 aliphatic rings. The van der Waals surface area contributed by atoms with Crippen LogP contribution in [0.25, 0.3) is 0 Å². The Morgan fingerprint density at radius 3 is 3.05 bits per heavy atom. The van der Waals surface area contributed by atoms with Gasteiger partial charge >= 0.3 is 0 Å². The molecule has 3 nitrogen and oxygen atoms in total. The van der Waals surface area contributed by atoms with E-state index in [1.807, 2.05) is 0 Å². The van der Waals surface area contributed by atoms with Gasteiger partial charge in [-0.2, -0.15) is 0 Å². The zero-order valence-electron chi connectivity index (χ0n) is 12.8. The average molecular weight is 309 g/mol. The third kappa shape index (κ3) is 5.01. The standard InChI is InChI=1S/C17H25ClN2O/c1-2-16-9-3-4-11-20(16)12-6-10-19-17(21)14-7-5-8-15(18)13-14/h5,7-8,13,16H,2-4,6,9-12H2,1H3,(H,19,21)/t16-/m0/s1. The molecule has 0 aliphatic carbocycles. The van der Waals surface area contributed by atoms with E-state index in [1.165, 1.54) is 32.2 Å². The number of benzene rings is 1. The number of likely N-dealkylation sites (tertiary alicyclic amines) is 1. The van der Waals surface area contributed by atoms with Crippen LogP contribution in [-0.4, -0.2) is 36.5 Å². The van der Waals surface area contributed by atoms with Crippen LogP contribution in [0.1, 0.15) is 49.4 Å². The Bertz CT molecular complexity index is 464. The van der Waals surface area contributed by atoms with E-state index < -0.39 is 0 Å². The molecule has 1 aliphatic heterocycles. The number of carbonyl (C=O) groups excluding carboxylic acids is 1. The Kier molecular flexibility index (Phi) is 6.52. The SMILES string of the molecule is CC[C@H]1CCCCN1CCCNC(=O)c1cccc(Cl)c1. The van der Waals surface area contributed by atoms with Crippen LogP contribution in [0, 0.1) is 0 Å². The van der Waals surface area contributed by atoms with Crippen molar-refractivity contribution in [3.05, 3.63) is 34.9 Å². The van der Waals surface area contributed by atoms with Crippen LogP contribution in [0.5, 0.6) is 0 Å². The smallest absolute Gasteiger partial charge is 0.251 e. The number of halogens is 1. The predicted octanol–water partition coefficient (Wildman–Crippen LogP) is 3.72. The monoisotopic (exact) mass is 308 g/mol. The molecule has 1 N–H and O–H groups in total. The fraction of sp³-hybridized carbons (Fsp3) is 0.588. The van der Waals surface area contributed by atoms with E-state index in [2.05, 4.69) is 17.1 Å². The van der Waals surface area contributed by atoms with Gasteiger partial charge in [0.25, 0.3) is 5.91 Å². The molecule has 0 bridgehead atoms. The molecule has 4 heteroatoms. The van der Waals surface area contributed by atoms with Gasteiger partial charge in [0.2, 0.25) is 0 Å². The molecular formula is C17H25ClN2O. The molecule has 1 heterocycles. The van der Waals surface area contributed by atoms with Gasteiger partial charge in [-0.25, -0.2) is 0 Å². The van der Waals surface area contributed by atoms with E-state index in [0.717, 1.165) is 25.6 Å². The highest BCUT2D eigenvalue weighted by atomic mass is 35.5. The van der Waals surface area contributed by atoms with Gasteiger partial charge in [0, 0.05) is 29.7 Å². The third-order valence-electron chi connectivity index (χ3n) is 4.21. The van der Waals surface area contributed by atoms with Crippen LogP contribution in [0.15, 0.2) is 24.3 Å². The summed E-state index contributed by atoms with van der Waals surface area (Å²) in [7, 11) is 0. The van der Waals surface area contributed by atoms with E-state index in [-0.39, 0.29) is 5.91 Å². The summed E-state index contributed by atoms with van der Waals surface area (Å²) in [5, 5.41) is 3.57. The highest BCUT2D eigenvalue weighted by Gasteiger charge is 2.19. The third-order valence-corrected chi connectivity index (χ3v) is 4.45. The number of nitrogens with zero attached hydrogens (tertiary/aromatic N) is 1. The minimum Gasteiger partial charge on any atom is -0.352 e. The fourth-order valence-electron chi connectivity index (χ4n) is 3.03. The lowest BCUT2D eigenvalue weighted by Crippen LogP contribution is -2.40. The summed E-state index contributed by atoms with van der Waals surface area (Å²) >= 11 is 5.90. The van der Waals surface area contributed by atoms with Gasteiger partial charge in [-0.1, -0.05) is 31.0 Å². The van der Waals surface area contributed by atoms with Crippen LogP contribution < -0.4 is 5.32 Å². The van der Waals surface area contributed by atoms with Crippen molar-refractivity contribution in [3.63, 3.8) is 0 Å². The summed E-state index contributed by atoms with van der Waals surface area (Å²) < 4.78 is 0. The molecule has 1 amide bonds. The van der Waals surface area contributed by atoms with E-state index in [9.17, 15) is 4.79 Å². The average Bonchev–Trinajstić information content (AvgIpc) is 2.51. The van der Waals surface area contributed by atoms with Gasteiger partial charge in [0.15, 0.2) is 0 Å². The zero-order valence-corrected chi connectivity index (χ0v) is 13.5. The van der Waals surface area contributed by atoms with Crippen LogP contribution in [0.2, 0.25) is 5.02 Å². The molecule has 1 atom stereocenters. The first-order valence-electron chi connectivity index (χ1n) is 7.98. The molecule has 1 aromatic carbocycles. The molecule has 0 spiro atoms. The summed E-state index contributed by atoms with van der Waals surface area (Å²) in [5.74, 6) is -0.0387. The Morgan fingerprint density at radius 2 is 2.29 bits per heavy atom. The number of nitrogens with one attached hydrogen (secondary N) is 1. The second-order valence-corrected chi connectivity index (χ2v) is 6.15. The molecule has 1 aromatic rings. The lowest BCUT2D eigenvalue weighted by atomic mass is 10.00. The Balaban J connectivity index is 1.70. The summed E-state index contributed by atoms with van der Waals surface area (Å²) in [5.41, 5.74) is 0.631. The van der Waals surface area contributed by atoms with Crippen LogP contribution >= 0.6 is 11.6 Å². The fourth-order valence-corrected chi connectivity index (χ4v) is 3.22. The lowest BCUT2D eigenvalue weighted by molar-refractivity contribution is 0.0947. The molecule has 0 saturated carbocycles. The number of piperidine rings is 1. The Labute approximate surface area is 132 Å². The first-order chi connectivity index (χ1) is 10.2. The molecule has 2 rings (SSSR count). The van der Waals surface area contributed by atoms with Crippen molar-refractivity contribution >= 4 is 17.5 Å². The summed E-state index contributed by atoms with van der Waals surface area (Å²) in [6, 6.07) is 7.81. The van der Waals surface area contributed by atoms with Crippen molar-refractivity contribution in [2.75, 3.05) is 19.6 Å². The topological polar surface area (TPSA) is 32.3 Å². The Morgan fingerprint density at radius 1 is 1.43 bits per heavy atom. The van der Waals surface area contributed by atoms with E-state index in [4.69, 9.17) is 11.6 Å². The van der Waals surface area contributed by atoms with E-state index in [1.54, 1.807) is 24.3 Å². The molecule has 0 unspecified atom stereocenters. The summed E-state index contributed by atoms with van der Waals surface area (Å²) in [6.45, 7) is 5.28. The quantitative estimate of drug-likeness (QED) is 0.812. The number of hydrogen-bond donors (Lipinski definition) is 1. The van der Waals surface area contributed by atoms with E-state index in [0.29, 0.717) is 10.6 Å². The van der Waals surface area contributed by atoms with Crippen molar-refractivity contribution < 1.29 is 4.79 Å². The predicted molar refractivity (Wildman–Crippen MR) is 87.9 cm³/mol. The first kappa shape index (κ1) is 16.3. The zero-order chi connectivity index (χ0) is 15.1. The van der Waals surface area contributed by atoms with Gasteiger partial charge in [0.05, 0.1) is 0 Å². The number of carbonyl (C=O) groups is 1. The largest absolute Gasteiger partial charge is 0.352 e. The number of rotatable bonds is 6. The van der Waals surface area contributed by atoms with Crippen LogP contribution in [0.4, 0.5) is 0 Å². The van der Waals surface area contributed by atoms with Crippen LogP contribution in [0.3, 0.4) is 0 Å². The molecule has 21 heavy (non-hydrogen) atoms. The van der Waals surface area contributed by atoms with Gasteiger partial charge in [0.1, 0.15) is 0 Å². The maximum atomic E-state index is 12.0. The maximum Gasteiger partial charge on any atom is 0.251 e. The second-order valence-electron chi connectivity index (χ2n) is 5.71. The van der Waals surface area contributed by atoms with Gasteiger partial charge in [-0.05, 0) is 50.4 Å². The molecule has 1 saturated heterocycles. The van der Waals surface area contributed by atoms with E-state index >= 15 is 0 Å². The van der Waals surface area contributed by atoms with Crippen LogP contribution in [-0.2, 0) is 0 Å². The maximum absolute atomic E-state index is 12.0. The first-order valence-corrected chi connectivity index (χ1v) is 8.36. The van der Waals surface area contributed by atoms with Gasteiger partial charge < -0.3 is 10.2 Å². The van der Waals surface area contributed by atoms with Gasteiger partial charge in [-0.15, -0.1) is 0 Å². The molecule has 0 radical (unpaired) electrons. The van der Waals surface area contributed by atoms with Crippen molar-refractivity contribution in [2.24, 2.45) is 0 Å². The molecule has 1 fully saturated rings. The van der Waals surface area contributed by atoms with Crippen molar-refractivity contribution in [1.29, 1.82) is 0 Å². The lowest BCUT2D eigenvalue weighted by Gasteiger charge is -2.35. The van der Waals surface area contributed by atoms with Crippen molar-refractivity contribution in [1.82, 2.24) is 10.2 Å². The highest BCUT2D eigenvalue weighted by Crippen LogP contribution is 2.19. The van der Waals surface area contributed by atoms with Gasteiger partial charge in [-0.3, -0.25) is 4.79 Å². The minimum atomic E-state index is -0.0387. The Hall–Kier alpha value is -1.06. The summed E-state index contributed by atoms with van der Waals surface area (Å²) in [4.78, 5) is 14.6. The molecule has 0 aromatic heterocycles. The minimum absolute atomic E-state index is 0.0387.